The van der Waals surface area contributed by atoms with Crippen molar-refractivity contribution in [2.45, 2.75) is 141 Å². The SMILES string of the molecule is CCCCCCCCCCCC(O)CCCCCCC(CCC)S(=O)(=O)[O-].[K+]. The van der Waals surface area contributed by atoms with E-state index in [1.165, 1.54) is 51.4 Å². The molecule has 0 aromatic rings. The van der Waals surface area contributed by atoms with Crippen LogP contribution >= 0.6 is 0 Å². The van der Waals surface area contributed by atoms with Crippen LogP contribution in [0.25, 0.3) is 0 Å². The molecule has 164 valence electrons. The van der Waals surface area contributed by atoms with Gasteiger partial charge in [-0.05, 0) is 25.7 Å². The first-order chi connectivity index (χ1) is 12.9. The zero-order valence-corrected chi connectivity index (χ0v) is 22.9. The zero-order valence-electron chi connectivity index (χ0n) is 19.0. The molecule has 2 atom stereocenters. The van der Waals surface area contributed by atoms with Gasteiger partial charge in [0, 0.05) is 5.25 Å². The summed E-state index contributed by atoms with van der Waals surface area (Å²) in [5.41, 5.74) is 0. The minimum absolute atomic E-state index is 0. The van der Waals surface area contributed by atoms with Gasteiger partial charge in [-0.25, -0.2) is 8.42 Å². The molecular formula is C22H45KO4S. The zero-order chi connectivity index (χ0) is 20.4. The van der Waals surface area contributed by atoms with Crippen molar-refractivity contribution in [1.82, 2.24) is 0 Å². The van der Waals surface area contributed by atoms with Crippen LogP contribution in [0.15, 0.2) is 0 Å². The molecule has 0 aromatic carbocycles. The van der Waals surface area contributed by atoms with Gasteiger partial charge in [0.25, 0.3) is 0 Å². The molecule has 0 heterocycles. The van der Waals surface area contributed by atoms with Gasteiger partial charge >= 0.3 is 51.4 Å². The number of aliphatic hydroxyl groups excluding tert-OH is 1. The summed E-state index contributed by atoms with van der Waals surface area (Å²) in [6, 6.07) is 0. The summed E-state index contributed by atoms with van der Waals surface area (Å²) in [6.45, 7) is 4.16. The second-order valence-corrected chi connectivity index (χ2v) is 9.82. The first-order valence-electron chi connectivity index (χ1n) is 11.5. The van der Waals surface area contributed by atoms with Crippen LogP contribution < -0.4 is 51.4 Å². The van der Waals surface area contributed by atoms with Gasteiger partial charge in [-0.2, -0.15) is 0 Å². The van der Waals surface area contributed by atoms with E-state index in [0.717, 1.165) is 51.4 Å². The van der Waals surface area contributed by atoms with Crippen LogP contribution in [0, 0.1) is 0 Å². The number of unbranched alkanes of at least 4 members (excludes halogenated alkanes) is 11. The van der Waals surface area contributed by atoms with Crippen molar-refractivity contribution in [1.29, 1.82) is 0 Å². The third-order valence-corrected chi connectivity index (χ3v) is 6.76. The molecule has 2 unspecified atom stereocenters. The van der Waals surface area contributed by atoms with E-state index in [-0.39, 0.29) is 57.5 Å². The van der Waals surface area contributed by atoms with E-state index in [4.69, 9.17) is 0 Å². The third kappa shape index (κ3) is 20.8. The van der Waals surface area contributed by atoms with Crippen LogP contribution in [0.3, 0.4) is 0 Å². The van der Waals surface area contributed by atoms with E-state index in [2.05, 4.69) is 6.92 Å². The standard InChI is InChI=1S/C22H46O4S.K/c1-3-5-6-7-8-9-10-11-14-18-21(23)19-15-12-13-16-20-22(17-4-2)27(24,25)26;/h21-23H,3-20H2,1-2H3,(H,24,25,26);/q;+1/p-1. The second-order valence-electron chi connectivity index (χ2n) is 8.17. The quantitative estimate of drug-likeness (QED) is 0.177. The smallest absolute Gasteiger partial charge is 0.748 e. The van der Waals surface area contributed by atoms with E-state index in [9.17, 15) is 18.1 Å². The molecule has 0 spiro atoms. The van der Waals surface area contributed by atoms with Crippen molar-refractivity contribution in [3.8, 4) is 0 Å². The molecule has 0 bridgehead atoms. The maximum Gasteiger partial charge on any atom is 1.00 e. The van der Waals surface area contributed by atoms with Gasteiger partial charge < -0.3 is 9.66 Å². The molecule has 0 rings (SSSR count). The predicted octanol–water partition coefficient (Wildman–Crippen LogP) is 3.33. The Hall–Kier alpha value is 1.51. The molecule has 0 amide bonds. The Bertz CT molecular complexity index is 415. The molecular weight excluding hydrogens is 399 g/mol. The van der Waals surface area contributed by atoms with Gasteiger partial charge in [0.1, 0.15) is 0 Å². The molecule has 0 aliphatic carbocycles. The Kier molecular flexibility index (Phi) is 24.6. The summed E-state index contributed by atoms with van der Waals surface area (Å²) in [7, 11) is -4.15. The molecule has 0 aliphatic rings. The van der Waals surface area contributed by atoms with E-state index in [1.54, 1.807) is 0 Å². The van der Waals surface area contributed by atoms with Crippen molar-refractivity contribution in [2.24, 2.45) is 0 Å². The Morgan fingerprint density at radius 3 is 1.43 bits per heavy atom. The maximum atomic E-state index is 11.2. The number of rotatable bonds is 20. The van der Waals surface area contributed by atoms with Crippen LogP contribution in [-0.4, -0.2) is 29.4 Å². The van der Waals surface area contributed by atoms with Gasteiger partial charge in [-0.1, -0.05) is 104 Å². The topological polar surface area (TPSA) is 77.4 Å². The summed E-state index contributed by atoms with van der Waals surface area (Å²) in [4.78, 5) is 0. The van der Waals surface area contributed by atoms with Gasteiger partial charge in [-0.15, -0.1) is 0 Å². The molecule has 28 heavy (non-hydrogen) atoms. The fourth-order valence-corrected chi connectivity index (χ4v) is 4.68. The van der Waals surface area contributed by atoms with Gasteiger partial charge in [-0.3, -0.25) is 0 Å². The van der Waals surface area contributed by atoms with E-state index in [1.807, 2.05) is 6.92 Å². The van der Waals surface area contributed by atoms with E-state index >= 15 is 0 Å². The Morgan fingerprint density at radius 2 is 1.04 bits per heavy atom. The molecule has 0 fully saturated rings. The van der Waals surface area contributed by atoms with E-state index < -0.39 is 15.4 Å². The first-order valence-corrected chi connectivity index (χ1v) is 13.0. The van der Waals surface area contributed by atoms with Gasteiger partial charge in [0.15, 0.2) is 0 Å². The third-order valence-electron chi connectivity index (χ3n) is 5.47. The summed E-state index contributed by atoms with van der Waals surface area (Å²) in [5.74, 6) is 0. The molecule has 0 saturated carbocycles. The minimum atomic E-state index is -4.15. The average molecular weight is 445 g/mol. The molecule has 1 N–H and O–H groups in total. The number of aliphatic hydroxyl groups is 1. The van der Waals surface area contributed by atoms with Crippen molar-refractivity contribution in [2.75, 3.05) is 0 Å². The predicted molar refractivity (Wildman–Crippen MR) is 114 cm³/mol. The average Bonchev–Trinajstić information content (AvgIpc) is 2.61. The molecule has 0 radical (unpaired) electrons. The first kappa shape index (κ1) is 31.7. The van der Waals surface area contributed by atoms with Gasteiger partial charge in [0.05, 0.1) is 16.2 Å². The van der Waals surface area contributed by atoms with Crippen LogP contribution in [0.5, 0.6) is 0 Å². The Morgan fingerprint density at radius 1 is 0.643 bits per heavy atom. The van der Waals surface area contributed by atoms with Crippen LogP contribution in [-0.2, 0) is 10.1 Å². The van der Waals surface area contributed by atoms with Crippen molar-refractivity contribution < 1.29 is 69.5 Å². The Balaban J connectivity index is 0. The van der Waals surface area contributed by atoms with Crippen LogP contribution in [0.2, 0.25) is 0 Å². The number of hydrogen-bond donors (Lipinski definition) is 1. The van der Waals surface area contributed by atoms with Crippen LogP contribution in [0.4, 0.5) is 0 Å². The maximum absolute atomic E-state index is 11.2. The summed E-state index contributed by atoms with van der Waals surface area (Å²) >= 11 is 0. The monoisotopic (exact) mass is 444 g/mol. The molecule has 6 heteroatoms. The molecule has 0 saturated heterocycles. The van der Waals surface area contributed by atoms with Crippen molar-refractivity contribution in [3.63, 3.8) is 0 Å². The largest absolute Gasteiger partial charge is 1.00 e. The molecule has 0 aliphatic heterocycles. The fourth-order valence-electron chi connectivity index (χ4n) is 3.70. The summed E-state index contributed by atoms with van der Waals surface area (Å²) in [6.07, 6.45) is 18.7. The van der Waals surface area contributed by atoms with Crippen LogP contribution in [0.1, 0.15) is 129 Å². The second kappa shape index (κ2) is 21.7. The number of hydrogen-bond acceptors (Lipinski definition) is 4. The Labute approximate surface area is 218 Å². The van der Waals surface area contributed by atoms with Crippen molar-refractivity contribution >= 4 is 10.1 Å². The molecule has 4 nitrogen and oxygen atoms in total. The fraction of sp³-hybridized carbons (Fsp3) is 1.00. The molecule has 0 aromatic heterocycles. The normalized spacial score (nSPS) is 13.9. The summed E-state index contributed by atoms with van der Waals surface area (Å²) < 4.78 is 33.5. The minimum Gasteiger partial charge on any atom is -0.748 e. The van der Waals surface area contributed by atoms with E-state index in [0.29, 0.717) is 12.8 Å². The summed E-state index contributed by atoms with van der Waals surface area (Å²) in [5, 5.41) is 9.34. The van der Waals surface area contributed by atoms with Crippen molar-refractivity contribution in [3.05, 3.63) is 0 Å². The van der Waals surface area contributed by atoms with Gasteiger partial charge in [0.2, 0.25) is 0 Å².